The molecule has 192 valence electrons. The van der Waals surface area contributed by atoms with Crippen molar-refractivity contribution in [3.8, 4) is 28.1 Å². The highest BCUT2D eigenvalue weighted by Gasteiger charge is 2.45. The molecule has 0 saturated heterocycles. The van der Waals surface area contributed by atoms with Gasteiger partial charge in [-0.05, 0) is 53.6 Å². The maximum Gasteiger partial charge on any atom is 0.309 e. The number of pyridine rings is 1. The molecule has 9 heteroatoms. The van der Waals surface area contributed by atoms with Gasteiger partial charge in [0.25, 0.3) is 0 Å². The predicted molar refractivity (Wildman–Crippen MR) is 143 cm³/mol. The van der Waals surface area contributed by atoms with Crippen LogP contribution in [0.2, 0.25) is 0 Å². The molecule has 0 spiro atoms. The first kappa shape index (κ1) is 24.8. The number of carbonyl (C=O) groups is 2. The fraction of sp³-hybridized carbons (Fsp3) is 0.172. The smallest absolute Gasteiger partial charge is 0.309 e. The normalized spacial score (nSPS) is 16.8. The van der Waals surface area contributed by atoms with Gasteiger partial charge < -0.3 is 20.3 Å². The molecule has 1 aliphatic rings. The summed E-state index contributed by atoms with van der Waals surface area (Å²) in [6.45, 7) is -0.0900. The third-order valence-corrected chi connectivity index (χ3v) is 6.61. The van der Waals surface area contributed by atoms with Gasteiger partial charge in [-0.15, -0.1) is 0 Å². The van der Waals surface area contributed by atoms with Crippen LogP contribution in [0.15, 0.2) is 85.3 Å². The summed E-state index contributed by atoms with van der Waals surface area (Å²) < 4.78 is 7.84. The molecule has 0 fully saturated rings. The molecule has 0 saturated carbocycles. The van der Waals surface area contributed by atoms with Crippen molar-refractivity contribution in [1.82, 2.24) is 14.8 Å². The van der Waals surface area contributed by atoms with Crippen molar-refractivity contribution in [2.75, 3.05) is 11.9 Å². The van der Waals surface area contributed by atoms with Crippen molar-refractivity contribution in [1.29, 1.82) is 0 Å². The lowest BCUT2D eigenvalue weighted by atomic mass is 9.79. The molecule has 2 atom stereocenters. The number of carboxylic acid groups (broad SMARTS) is 2. The molecule has 0 amide bonds. The molecule has 1 aliphatic heterocycles. The fourth-order valence-electron chi connectivity index (χ4n) is 4.70. The Morgan fingerprint density at radius 2 is 1.76 bits per heavy atom. The van der Waals surface area contributed by atoms with E-state index in [1.807, 2.05) is 61.8 Å². The van der Waals surface area contributed by atoms with Crippen LogP contribution in [0.25, 0.3) is 28.5 Å². The average Bonchev–Trinajstić information content (AvgIpc) is 3.32. The topological polar surface area (TPSA) is 127 Å². The molecule has 3 heterocycles. The summed E-state index contributed by atoms with van der Waals surface area (Å²) in [5.74, 6) is -3.17. The largest absolute Gasteiger partial charge is 0.491 e. The van der Waals surface area contributed by atoms with Crippen molar-refractivity contribution in [2.24, 2.45) is 13.0 Å². The minimum absolute atomic E-state index is 0.0900. The number of anilines is 1. The summed E-state index contributed by atoms with van der Waals surface area (Å²) in [6, 6.07) is 18.7. The number of aromatic nitrogens is 3. The van der Waals surface area contributed by atoms with Gasteiger partial charge in [0, 0.05) is 42.5 Å². The summed E-state index contributed by atoms with van der Waals surface area (Å²) in [6.07, 6.45) is 8.36. The molecular weight excluding hydrogens is 484 g/mol. The van der Waals surface area contributed by atoms with Crippen LogP contribution in [0.3, 0.4) is 0 Å². The standard InChI is InChI=1S/C29H26N4O5/c1-33-17-23(19-11-14-30-15-12-19)27(32-33)21-6-8-22(9-7-21)38-18-29(24(28(36)37)16-26(34)35)13-10-20-4-2-3-5-25(20)31-29/h2-15,17,24,31H,16,18H2,1H3,(H,34,35)(H,36,37). The van der Waals surface area contributed by atoms with E-state index >= 15 is 0 Å². The van der Waals surface area contributed by atoms with E-state index < -0.39 is 29.8 Å². The Hall–Kier alpha value is -4.92. The summed E-state index contributed by atoms with van der Waals surface area (Å²) >= 11 is 0. The van der Waals surface area contributed by atoms with Gasteiger partial charge in [0.05, 0.1) is 12.3 Å². The number of benzene rings is 2. The van der Waals surface area contributed by atoms with E-state index in [9.17, 15) is 19.8 Å². The first-order valence-corrected chi connectivity index (χ1v) is 12.0. The van der Waals surface area contributed by atoms with Crippen molar-refractivity contribution in [2.45, 2.75) is 12.0 Å². The fourth-order valence-corrected chi connectivity index (χ4v) is 4.70. The first-order valence-electron chi connectivity index (χ1n) is 12.0. The van der Waals surface area contributed by atoms with Crippen LogP contribution in [0.5, 0.6) is 5.75 Å². The molecular formula is C29H26N4O5. The van der Waals surface area contributed by atoms with E-state index in [1.54, 1.807) is 41.4 Å². The maximum absolute atomic E-state index is 12.2. The lowest BCUT2D eigenvalue weighted by Gasteiger charge is -2.39. The van der Waals surface area contributed by atoms with Crippen LogP contribution in [0.1, 0.15) is 12.0 Å². The van der Waals surface area contributed by atoms with Gasteiger partial charge in [-0.3, -0.25) is 19.3 Å². The number of para-hydroxylation sites is 1. The molecule has 2 aromatic heterocycles. The van der Waals surface area contributed by atoms with Crippen LogP contribution >= 0.6 is 0 Å². The minimum atomic E-state index is -1.27. The maximum atomic E-state index is 12.2. The molecule has 2 aromatic carbocycles. The number of nitrogens with one attached hydrogen (secondary N) is 1. The van der Waals surface area contributed by atoms with Gasteiger partial charge in [-0.25, -0.2) is 0 Å². The molecule has 0 aliphatic carbocycles. The lowest BCUT2D eigenvalue weighted by Crippen LogP contribution is -2.53. The SMILES string of the molecule is Cn1cc(-c2ccncc2)c(-c2ccc(OCC3(C(CC(=O)O)C(=O)O)C=Cc4ccccc4N3)cc2)n1. The van der Waals surface area contributed by atoms with Crippen LogP contribution < -0.4 is 10.1 Å². The number of rotatable bonds is 9. The highest BCUT2D eigenvalue weighted by Crippen LogP contribution is 2.36. The Morgan fingerprint density at radius 1 is 1.03 bits per heavy atom. The van der Waals surface area contributed by atoms with E-state index in [1.165, 1.54) is 0 Å². The molecule has 5 rings (SSSR count). The summed E-state index contributed by atoms with van der Waals surface area (Å²) in [4.78, 5) is 27.8. The average molecular weight is 511 g/mol. The van der Waals surface area contributed by atoms with Crippen molar-refractivity contribution >= 4 is 23.7 Å². The third-order valence-electron chi connectivity index (χ3n) is 6.61. The lowest BCUT2D eigenvalue weighted by molar-refractivity contribution is -0.150. The number of carboxylic acids is 2. The van der Waals surface area contributed by atoms with Gasteiger partial charge in [0.1, 0.15) is 23.6 Å². The van der Waals surface area contributed by atoms with Gasteiger partial charge in [0.15, 0.2) is 0 Å². The number of hydrogen-bond acceptors (Lipinski definition) is 6. The van der Waals surface area contributed by atoms with Crippen LogP contribution in [-0.4, -0.2) is 49.1 Å². The monoisotopic (exact) mass is 510 g/mol. The number of aliphatic carboxylic acids is 2. The zero-order valence-corrected chi connectivity index (χ0v) is 20.6. The highest BCUT2D eigenvalue weighted by atomic mass is 16.5. The van der Waals surface area contributed by atoms with Crippen molar-refractivity contribution in [3.05, 3.63) is 90.9 Å². The predicted octanol–water partition coefficient (Wildman–Crippen LogP) is 4.58. The van der Waals surface area contributed by atoms with E-state index in [0.717, 1.165) is 27.9 Å². The Balaban J connectivity index is 1.41. The highest BCUT2D eigenvalue weighted by molar-refractivity contribution is 5.83. The quantitative estimate of drug-likeness (QED) is 0.299. The molecule has 9 nitrogen and oxygen atoms in total. The third kappa shape index (κ3) is 4.99. The van der Waals surface area contributed by atoms with Crippen LogP contribution in [-0.2, 0) is 16.6 Å². The Labute approximate surface area is 219 Å². The van der Waals surface area contributed by atoms with Gasteiger partial charge >= 0.3 is 11.9 Å². The van der Waals surface area contributed by atoms with Crippen molar-refractivity contribution in [3.63, 3.8) is 0 Å². The number of aryl methyl sites for hydroxylation is 1. The second-order valence-corrected chi connectivity index (χ2v) is 9.19. The molecule has 3 N–H and O–H groups in total. The van der Waals surface area contributed by atoms with E-state index in [4.69, 9.17) is 4.74 Å². The Morgan fingerprint density at radius 3 is 2.47 bits per heavy atom. The Bertz CT molecular complexity index is 1500. The van der Waals surface area contributed by atoms with E-state index in [2.05, 4.69) is 15.4 Å². The van der Waals surface area contributed by atoms with Crippen LogP contribution in [0.4, 0.5) is 5.69 Å². The van der Waals surface area contributed by atoms with Gasteiger partial charge in [0.2, 0.25) is 0 Å². The second kappa shape index (κ2) is 10.2. The molecule has 4 aromatic rings. The number of ether oxygens (including phenoxy) is 1. The van der Waals surface area contributed by atoms with E-state index in [-0.39, 0.29) is 6.61 Å². The number of nitrogens with zero attached hydrogens (tertiary/aromatic N) is 3. The minimum Gasteiger partial charge on any atom is -0.491 e. The first-order chi connectivity index (χ1) is 18.3. The van der Waals surface area contributed by atoms with E-state index in [0.29, 0.717) is 11.4 Å². The molecule has 0 bridgehead atoms. The summed E-state index contributed by atoms with van der Waals surface area (Å²) in [7, 11) is 1.87. The van der Waals surface area contributed by atoms with Crippen LogP contribution in [0, 0.1) is 5.92 Å². The number of hydrogen-bond donors (Lipinski definition) is 3. The summed E-state index contributed by atoms with van der Waals surface area (Å²) in [5, 5.41) is 27.3. The van der Waals surface area contributed by atoms with Gasteiger partial charge in [-0.1, -0.05) is 30.4 Å². The van der Waals surface area contributed by atoms with Gasteiger partial charge in [-0.2, -0.15) is 5.10 Å². The molecule has 38 heavy (non-hydrogen) atoms. The molecule has 0 radical (unpaired) electrons. The zero-order valence-electron chi connectivity index (χ0n) is 20.6. The zero-order chi connectivity index (χ0) is 26.7. The molecule has 2 unspecified atom stereocenters. The second-order valence-electron chi connectivity index (χ2n) is 9.19. The Kier molecular flexibility index (Phi) is 6.66. The number of fused-ring (bicyclic) bond motifs is 1. The van der Waals surface area contributed by atoms with Crippen molar-refractivity contribution < 1.29 is 24.5 Å². The summed E-state index contributed by atoms with van der Waals surface area (Å²) in [5.41, 5.74) is 3.99.